The van der Waals surface area contributed by atoms with E-state index in [9.17, 15) is 24.0 Å². The Kier molecular flexibility index (Phi) is 11.0. The molecule has 1 aromatic rings. The van der Waals surface area contributed by atoms with Crippen LogP contribution in [0.1, 0.15) is 60.7 Å². The minimum Gasteiger partial charge on any atom is -0.478 e. The van der Waals surface area contributed by atoms with Crippen molar-refractivity contribution in [3.05, 3.63) is 39.8 Å². The lowest BCUT2D eigenvalue weighted by molar-refractivity contribution is -0.157. The summed E-state index contributed by atoms with van der Waals surface area (Å²) in [7, 11) is 0. The van der Waals surface area contributed by atoms with Crippen LogP contribution in [0.3, 0.4) is 0 Å². The molecule has 0 aliphatic heterocycles. The Morgan fingerprint density at radius 1 is 1.06 bits per heavy atom. The second-order valence-electron chi connectivity index (χ2n) is 8.33. The molecule has 0 fully saturated rings. The summed E-state index contributed by atoms with van der Waals surface area (Å²) < 4.78 is 5.34. The minimum absolute atomic E-state index is 0.0921. The van der Waals surface area contributed by atoms with Gasteiger partial charge in [0, 0.05) is 17.1 Å². The Morgan fingerprint density at radius 2 is 1.66 bits per heavy atom. The predicted molar refractivity (Wildman–Crippen MR) is 123 cm³/mol. The molecule has 0 radical (unpaired) electrons. The number of nitrogens with zero attached hydrogens (tertiary/aromatic N) is 3. The average Bonchev–Trinajstić information content (AvgIpc) is 2.74. The Bertz CT molecular complexity index is 981. The molecule has 14 heteroatoms. The summed E-state index contributed by atoms with van der Waals surface area (Å²) in [6, 6.07) is 1.16. The molecule has 0 aliphatic rings. The number of unbranched alkanes of at least 4 members (excludes halogenated alkanes) is 1. The van der Waals surface area contributed by atoms with Crippen molar-refractivity contribution in [1.82, 2.24) is 10.6 Å². The van der Waals surface area contributed by atoms with Gasteiger partial charge in [-0.15, -0.1) is 0 Å². The number of ether oxygens (including phenoxy) is 1. The fourth-order valence-electron chi connectivity index (χ4n) is 2.75. The van der Waals surface area contributed by atoms with Gasteiger partial charge in [0.2, 0.25) is 5.91 Å². The van der Waals surface area contributed by atoms with Crippen molar-refractivity contribution in [3.8, 4) is 0 Å². The molecule has 0 heterocycles. The summed E-state index contributed by atoms with van der Waals surface area (Å²) in [6.45, 7) is 4.91. The second kappa shape index (κ2) is 13.4. The van der Waals surface area contributed by atoms with Crippen molar-refractivity contribution in [1.29, 1.82) is 0 Å². The number of carboxylic acid groups (broad SMARTS) is 2. The van der Waals surface area contributed by atoms with E-state index in [2.05, 4.69) is 26.0 Å². The lowest BCUT2D eigenvalue weighted by Gasteiger charge is -2.24. The number of hydrogen-bond acceptors (Lipinski definition) is 7. The van der Waals surface area contributed by atoms with Crippen molar-refractivity contribution in [2.24, 2.45) is 5.11 Å². The van der Waals surface area contributed by atoms with Crippen LogP contribution in [-0.4, -0.2) is 64.8 Å². The number of urea groups is 1. The van der Waals surface area contributed by atoms with Gasteiger partial charge in [-0.1, -0.05) is 5.11 Å². The highest BCUT2D eigenvalue weighted by Crippen LogP contribution is 2.16. The highest BCUT2D eigenvalue weighted by atomic mass is 16.6. The summed E-state index contributed by atoms with van der Waals surface area (Å²) in [5.41, 5.74) is 6.60. The van der Waals surface area contributed by atoms with Gasteiger partial charge in [-0.05, 0) is 63.8 Å². The summed E-state index contributed by atoms with van der Waals surface area (Å²) in [5, 5.41) is 28.8. The van der Waals surface area contributed by atoms with Gasteiger partial charge >= 0.3 is 23.9 Å². The lowest BCUT2D eigenvalue weighted by atomic mass is 10.1. The summed E-state index contributed by atoms with van der Waals surface area (Å²) in [6.07, 6.45) is 1.01. The molecule has 1 aromatic carbocycles. The van der Waals surface area contributed by atoms with Crippen LogP contribution < -0.4 is 16.0 Å². The number of carbonyl (C=O) groups is 5. The zero-order chi connectivity index (χ0) is 26.6. The molecule has 0 bridgehead atoms. The number of aromatic carboxylic acids is 2. The standard InChI is InChI=1S/C21H28N6O8/c1-21(2,3)35-19(33)15(6-4-5-7-23-16(28)11-24-27-22)26-20(34)25-14-9-12(17(29)30)8-13(10-14)18(31)32/h8-10,15H,4-7,11H2,1-3H3,(H,23,28)(H,29,30)(H,31,32)(H2,25,26,34). The molecule has 5 N–H and O–H groups in total. The van der Waals surface area contributed by atoms with Crippen LogP contribution in [0.2, 0.25) is 0 Å². The maximum Gasteiger partial charge on any atom is 0.335 e. The molecule has 190 valence electrons. The Balaban J connectivity index is 2.83. The van der Waals surface area contributed by atoms with Crippen LogP contribution in [0.15, 0.2) is 23.3 Å². The van der Waals surface area contributed by atoms with Gasteiger partial charge in [0.25, 0.3) is 0 Å². The molecular weight excluding hydrogens is 464 g/mol. The molecule has 1 atom stereocenters. The largest absolute Gasteiger partial charge is 0.478 e. The number of azide groups is 1. The van der Waals surface area contributed by atoms with Crippen LogP contribution in [0.4, 0.5) is 10.5 Å². The number of hydrogen-bond donors (Lipinski definition) is 5. The third-order valence-electron chi connectivity index (χ3n) is 4.20. The zero-order valence-corrected chi connectivity index (χ0v) is 19.5. The number of carboxylic acids is 2. The highest BCUT2D eigenvalue weighted by Gasteiger charge is 2.26. The highest BCUT2D eigenvalue weighted by molar-refractivity contribution is 5.98. The normalized spacial score (nSPS) is 11.4. The van der Waals surface area contributed by atoms with E-state index in [1.807, 2.05) is 0 Å². The fraction of sp³-hybridized carbons (Fsp3) is 0.476. The van der Waals surface area contributed by atoms with Gasteiger partial charge in [-0.3, -0.25) is 4.79 Å². The van der Waals surface area contributed by atoms with E-state index < -0.39 is 41.5 Å². The maximum absolute atomic E-state index is 12.6. The first-order valence-electron chi connectivity index (χ1n) is 10.5. The van der Waals surface area contributed by atoms with E-state index in [0.717, 1.165) is 18.2 Å². The molecule has 1 rings (SSSR count). The fourth-order valence-corrected chi connectivity index (χ4v) is 2.75. The molecule has 0 saturated heterocycles. The van der Waals surface area contributed by atoms with Gasteiger partial charge in [0.05, 0.1) is 11.1 Å². The van der Waals surface area contributed by atoms with Crippen LogP contribution in [0.5, 0.6) is 0 Å². The summed E-state index contributed by atoms with van der Waals surface area (Å²) >= 11 is 0. The molecule has 0 spiro atoms. The summed E-state index contributed by atoms with van der Waals surface area (Å²) in [5.74, 6) is -3.91. The summed E-state index contributed by atoms with van der Waals surface area (Å²) in [4.78, 5) is 61.5. The third kappa shape index (κ3) is 11.4. The van der Waals surface area contributed by atoms with E-state index in [4.69, 9.17) is 20.5 Å². The van der Waals surface area contributed by atoms with E-state index in [0.29, 0.717) is 12.8 Å². The molecule has 1 unspecified atom stereocenters. The number of anilines is 1. The van der Waals surface area contributed by atoms with Crippen LogP contribution >= 0.6 is 0 Å². The molecule has 14 nitrogen and oxygen atoms in total. The first-order valence-corrected chi connectivity index (χ1v) is 10.5. The minimum atomic E-state index is -1.38. The molecular formula is C21H28N6O8. The van der Waals surface area contributed by atoms with E-state index in [1.165, 1.54) is 0 Å². The number of esters is 1. The van der Waals surface area contributed by atoms with E-state index in [1.54, 1.807) is 20.8 Å². The van der Waals surface area contributed by atoms with Crippen molar-refractivity contribution in [2.75, 3.05) is 18.4 Å². The van der Waals surface area contributed by atoms with Gasteiger partial charge in [-0.2, -0.15) is 0 Å². The quantitative estimate of drug-likeness (QED) is 0.0956. The molecule has 0 saturated carbocycles. The molecule has 0 aromatic heterocycles. The number of carbonyl (C=O) groups excluding carboxylic acids is 3. The van der Waals surface area contributed by atoms with E-state index >= 15 is 0 Å². The third-order valence-corrected chi connectivity index (χ3v) is 4.20. The first-order chi connectivity index (χ1) is 16.3. The maximum atomic E-state index is 12.6. The van der Waals surface area contributed by atoms with Gasteiger partial charge in [0.15, 0.2) is 0 Å². The number of benzene rings is 1. The topological polar surface area (TPSA) is 220 Å². The zero-order valence-electron chi connectivity index (χ0n) is 19.5. The Labute approximate surface area is 200 Å². The lowest BCUT2D eigenvalue weighted by Crippen LogP contribution is -2.45. The molecule has 0 aliphatic carbocycles. The van der Waals surface area contributed by atoms with Gasteiger partial charge < -0.3 is 30.9 Å². The number of rotatable bonds is 12. The van der Waals surface area contributed by atoms with Crippen LogP contribution in [-0.2, 0) is 14.3 Å². The van der Waals surface area contributed by atoms with Crippen molar-refractivity contribution in [2.45, 2.75) is 51.7 Å². The second-order valence-corrected chi connectivity index (χ2v) is 8.33. The Morgan fingerprint density at radius 3 is 2.17 bits per heavy atom. The number of amides is 3. The smallest absolute Gasteiger partial charge is 0.335 e. The first kappa shape index (κ1) is 28.7. The average molecular weight is 492 g/mol. The van der Waals surface area contributed by atoms with Crippen molar-refractivity contribution >= 4 is 35.5 Å². The SMILES string of the molecule is CC(C)(C)OC(=O)C(CCCCNC(=O)CN=[N+]=[N-])NC(=O)Nc1cc(C(=O)O)cc(C(=O)O)c1. The van der Waals surface area contributed by atoms with Crippen LogP contribution in [0, 0.1) is 0 Å². The Hall–Kier alpha value is -4.32. The molecule has 35 heavy (non-hydrogen) atoms. The van der Waals surface area contributed by atoms with Gasteiger partial charge in [-0.25, -0.2) is 19.2 Å². The van der Waals surface area contributed by atoms with Crippen molar-refractivity contribution < 1.29 is 38.9 Å². The van der Waals surface area contributed by atoms with Crippen molar-refractivity contribution in [3.63, 3.8) is 0 Å². The van der Waals surface area contributed by atoms with Gasteiger partial charge in [0.1, 0.15) is 18.2 Å². The predicted octanol–water partition coefficient (Wildman–Crippen LogP) is 2.51. The van der Waals surface area contributed by atoms with E-state index in [-0.39, 0.29) is 36.3 Å². The monoisotopic (exact) mass is 492 g/mol. The molecule has 3 amide bonds. The number of nitrogens with one attached hydrogen (secondary N) is 3. The van der Waals surface area contributed by atoms with Crippen LogP contribution in [0.25, 0.3) is 10.4 Å².